The van der Waals surface area contributed by atoms with E-state index in [1.165, 1.54) is 16.7 Å². The number of ether oxygens (including phenoxy) is 1. The van der Waals surface area contributed by atoms with Crippen LogP contribution in [-0.2, 0) is 33.8 Å². The largest absolute Gasteiger partial charge is 0.489 e. The van der Waals surface area contributed by atoms with Crippen LogP contribution in [0, 0.1) is 5.92 Å². The number of fused-ring (bicyclic) bond motifs is 1. The maximum Gasteiger partial charge on any atom is 0.246 e. The lowest BCUT2D eigenvalue weighted by Gasteiger charge is -2.38. The highest BCUT2D eigenvalue weighted by molar-refractivity contribution is 5.93. The first-order valence-corrected chi connectivity index (χ1v) is 17.5. The van der Waals surface area contributed by atoms with Crippen LogP contribution >= 0.6 is 0 Å². The summed E-state index contributed by atoms with van der Waals surface area (Å²) >= 11 is 0. The van der Waals surface area contributed by atoms with Crippen molar-refractivity contribution in [1.82, 2.24) is 15.5 Å². The van der Waals surface area contributed by atoms with Gasteiger partial charge in [-0.05, 0) is 90.8 Å². The maximum absolute atomic E-state index is 14.3. The van der Waals surface area contributed by atoms with Crippen LogP contribution in [0.25, 0.3) is 0 Å². The minimum Gasteiger partial charge on any atom is -0.489 e. The Morgan fingerprint density at radius 1 is 0.872 bits per heavy atom. The first-order chi connectivity index (χ1) is 22.7. The Kier molecular flexibility index (Phi) is 11.7. The highest BCUT2D eigenvalue weighted by Crippen LogP contribution is 2.30. The molecule has 2 N–H and O–H groups in total. The molecule has 3 amide bonds. The fourth-order valence-corrected chi connectivity index (χ4v) is 6.66. The molecule has 3 aromatic carbocycles. The van der Waals surface area contributed by atoms with Crippen LogP contribution < -0.4 is 15.4 Å². The van der Waals surface area contributed by atoms with Crippen LogP contribution in [0.15, 0.2) is 72.8 Å². The molecule has 1 heterocycles. The number of carbonyl (C=O) groups is 3. The number of piperidine rings is 1. The Bertz CT molecular complexity index is 1500. The normalized spacial score (nSPS) is 19.0. The molecule has 7 nitrogen and oxygen atoms in total. The third-order valence-electron chi connectivity index (χ3n) is 9.86. The van der Waals surface area contributed by atoms with Gasteiger partial charge in [0.05, 0.1) is 6.04 Å². The van der Waals surface area contributed by atoms with Crippen molar-refractivity contribution in [2.45, 2.75) is 110 Å². The topological polar surface area (TPSA) is 87.7 Å². The number of hydrogen-bond donors (Lipinski definition) is 2. The fourth-order valence-electron chi connectivity index (χ4n) is 6.66. The van der Waals surface area contributed by atoms with Gasteiger partial charge >= 0.3 is 0 Å². The van der Waals surface area contributed by atoms with E-state index >= 15 is 0 Å². The predicted molar refractivity (Wildman–Crippen MR) is 186 cm³/mol. The SMILES string of the molecule is CC[C@@H](C)C(=O)N[C@@H](Cc1ccc(OCc2ccc(C(C)C)cc2)cc1)C(=O)N1CCCCC1C(=O)N[C@@H]1CCCc2ccccc21. The summed E-state index contributed by atoms with van der Waals surface area (Å²) in [7, 11) is 0. The molecule has 4 atom stereocenters. The standard InChI is InChI=1S/C40H51N3O4/c1-5-28(4)38(44)42-36(25-29-18-22-33(23-19-29)47-26-30-16-20-31(21-17-30)27(2)3)40(46)43-24-9-8-15-37(43)39(45)41-35-14-10-12-32-11-6-7-13-34(32)35/h6-7,11,13,16-23,27-28,35-37H,5,8-10,12,14-15,24-26H2,1-4H3,(H,41,45)(H,42,44)/t28-,35-,36+,37?/m1/s1. The van der Waals surface area contributed by atoms with E-state index in [1.54, 1.807) is 4.90 Å². The van der Waals surface area contributed by atoms with Crippen LogP contribution in [-0.4, -0.2) is 41.2 Å². The number of benzene rings is 3. The molecule has 1 aliphatic heterocycles. The summed E-state index contributed by atoms with van der Waals surface area (Å²) in [6.45, 7) is 9.17. The number of carbonyl (C=O) groups excluding carboxylic acids is 3. The van der Waals surface area contributed by atoms with E-state index in [9.17, 15) is 14.4 Å². The molecule has 3 aromatic rings. The molecule has 0 aromatic heterocycles. The third kappa shape index (κ3) is 8.82. The van der Waals surface area contributed by atoms with E-state index in [4.69, 9.17) is 4.74 Å². The van der Waals surface area contributed by atoms with Gasteiger partial charge < -0.3 is 20.3 Å². The molecule has 1 aliphatic carbocycles. The van der Waals surface area contributed by atoms with Gasteiger partial charge in [0.2, 0.25) is 17.7 Å². The first kappa shape index (κ1) is 34.2. The molecule has 1 fully saturated rings. The average molecular weight is 638 g/mol. The third-order valence-corrected chi connectivity index (χ3v) is 9.86. The summed E-state index contributed by atoms with van der Waals surface area (Å²) in [5.41, 5.74) is 5.78. The van der Waals surface area contributed by atoms with Crippen LogP contribution in [0.3, 0.4) is 0 Å². The summed E-state index contributed by atoms with van der Waals surface area (Å²) in [6.07, 6.45) is 6.28. The second-order valence-corrected chi connectivity index (χ2v) is 13.6. The van der Waals surface area contributed by atoms with Crippen molar-refractivity contribution in [3.63, 3.8) is 0 Å². The number of amides is 3. The van der Waals surface area contributed by atoms with E-state index in [0.29, 0.717) is 38.3 Å². The van der Waals surface area contributed by atoms with Crippen LogP contribution in [0.4, 0.5) is 0 Å². The lowest BCUT2D eigenvalue weighted by Crippen LogP contribution is -2.58. The zero-order chi connectivity index (χ0) is 33.3. The molecule has 0 spiro atoms. The number of rotatable bonds is 12. The Labute approximate surface area is 280 Å². The van der Waals surface area contributed by atoms with E-state index in [0.717, 1.165) is 49.0 Å². The van der Waals surface area contributed by atoms with E-state index in [-0.39, 0.29) is 29.7 Å². The summed E-state index contributed by atoms with van der Waals surface area (Å²) in [6, 6.07) is 23.1. The molecular formula is C40H51N3O4. The summed E-state index contributed by atoms with van der Waals surface area (Å²) in [5.74, 6) is 0.558. The minimum atomic E-state index is -0.772. The first-order valence-electron chi connectivity index (χ1n) is 17.5. The number of hydrogen-bond acceptors (Lipinski definition) is 4. The van der Waals surface area contributed by atoms with Gasteiger partial charge in [0, 0.05) is 18.9 Å². The van der Waals surface area contributed by atoms with Crippen molar-refractivity contribution in [3.05, 3.63) is 101 Å². The monoisotopic (exact) mass is 637 g/mol. The molecule has 250 valence electrons. The Morgan fingerprint density at radius 2 is 1.60 bits per heavy atom. The van der Waals surface area contributed by atoms with Gasteiger partial charge in [0.1, 0.15) is 24.4 Å². The second-order valence-electron chi connectivity index (χ2n) is 13.6. The highest BCUT2D eigenvalue weighted by atomic mass is 16.5. The Balaban J connectivity index is 1.27. The molecule has 0 bridgehead atoms. The van der Waals surface area contributed by atoms with E-state index < -0.39 is 12.1 Å². The summed E-state index contributed by atoms with van der Waals surface area (Å²) in [4.78, 5) is 42.9. The van der Waals surface area contributed by atoms with Crippen molar-refractivity contribution < 1.29 is 19.1 Å². The van der Waals surface area contributed by atoms with Gasteiger partial charge in [-0.2, -0.15) is 0 Å². The molecule has 1 unspecified atom stereocenters. The van der Waals surface area contributed by atoms with Gasteiger partial charge in [-0.1, -0.05) is 88.4 Å². The highest BCUT2D eigenvalue weighted by Gasteiger charge is 2.37. The Hall–Kier alpha value is -4.13. The zero-order valence-corrected chi connectivity index (χ0v) is 28.5. The lowest BCUT2D eigenvalue weighted by molar-refractivity contribution is -0.145. The van der Waals surface area contributed by atoms with Crippen molar-refractivity contribution in [2.75, 3.05) is 6.54 Å². The second kappa shape index (κ2) is 16.1. The van der Waals surface area contributed by atoms with Crippen molar-refractivity contribution in [1.29, 1.82) is 0 Å². The van der Waals surface area contributed by atoms with Gasteiger partial charge in [-0.3, -0.25) is 14.4 Å². The molecule has 0 saturated carbocycles. The molecule has 1 saturated heterocycles. The predicted octanol–water partition coefficient (Wildman–Crippen LogP) is 7.04. The Morgan fingerprint density at radius 3 is 2.32 bits per heavy atom. The molecule has 5 rings (SSSR count). The maximum atomic E-state index is 14.3. The molecule has 0 radical (unpaired) electrons. The smallest absolute Gasteiger partial charge is 0.246 e. The zero-order valence-electron chi connectivity index (χ0n) is 28.5. The molecule has 7 heteroatoms. The van der Waals surface area contributed by atoms with Gasteiger partial charge in [0.15, 0.2) is 0 Å². The van der Waals surface area contributed by atoms with Crippen molar-refractivity contribution in [2.24, 2.45) is 5.92 Å². The molecule has 2 aliphatic rings. The van der Waals surface area contributed by atoms with Gasteiger partial charge in [0.25, 0.3) is 0 Å². The number of nitrogens with zero attached hydrogens (tertiary/aromatic N) is 1. The van der Waals surface area contributed by atoms with Crippen LogP contribution in [0.1, 0.15) is 106 Å². The number of aryl methyl sites for hydroxylation is 1. The molecule has 47 heavy (non-hydrogen) atoms. The van der Waals surface area contributed by atoms with E-state index in [1.807, 2.05) is 50.2 Å². The fraction of sp³-hybridized carbons (Fsp3) is 0.475. The van der Waals surface area contributed by atoms with E-state index in [2.05, 4.69) is 60.9 Å². The minimum absolute atomic E-state index is 0.0487. The van der Waals surface area contributed by atoms with Crippen LogP contribution in [0.5, 0.6) is 5.75 Å². The van der Waals surface area contributed by atoms with Gasteiger partial charge in [-0.25, -0.2) is 0 Å². The summed E-state index contributed by atoms with van der Waals surface area (Å²) < 4.78 is 6.04. The van der Waals surface area contributed by atoms with Gasteiger partial charge in [-0.15, -0.1) is 0 Å². The number of nitrogens with one attached hydrogen (secondary N) is 2. The van der Waals surface area contributed by atoms with Crippen LogP contribution in [0.2, 0.25) is 0 Å². The molecular weight excluding hydrogens is 586 g/mol. The average Bonchev–Trinajstić information content (AvgIpc) is 3.10. The van der Waals surface area contributed by atoms with Crippen molar-refractivity contribution >= 4 is 17.7 Å². The summed E-state index contributed by atoms with van der Waals surface area (Å²) in [5, 5.41) is 6.34. The quantitative estimate of drug-likeness (QED) is 0.223. The lowest BCUT2D eigenvalue weighted by atomic mass is 9.87. The number of likely N-dealkylation sites (tertiary alicyclic amines) is 1. The van der Waals surface area contributed by atoms with Crippen molar-refractivity contribution in [3.8, 4) is 5.75 Å².